The SMILES string of the molecule is Cc1cc(=O)oc2c(C)c(OCC(=O)NCC3CCN(C)C3)ccc12. The Bertz CT molecular complexity index is 843. The first-order valence-electron chi connectivity index (χ1n) is 8.56. The molecule has 2 heterocycles. The van der Waals surface area contributed by atoms with Crippen LogP contribution in [0.1, 0.15) is 17.5 Å². The van der Waals surface area contributed by atoms with Crippen LogP contribution in [0.5, 0.6) is 5.75 Å². The molecule has 134 valence electrons. The zero-order valence-electron chi connectivity index (χ0n) is 14.9. The average molecular weight is 344 g/mol. The summed E-state index contributed by atoms with van der Waals surface area (Å²) in [6.45, 7) is 6.42. The van der Waals surface area contributed by atoms with E-state index in [1.807, 2.05) is 26.0 Å². The predicted molar refractivity (Wildman–Crippen MR) is 96.1 cm³/mol. The van der Waals surface area contributed by atoms with Crippen LogP contribution >= 0.6 is 0 Å². The van der Waals surface area contributed by atoms with Gasteiger partial charge in [-0.2, -0.15) is 0 Å². The molecule has 6 nitrogen and oxygen atoms in total. The van der Waals surface area contributed by atoms with E-state index in [0.717, 1.165) is 36.0 Å². The van der Waals surface area contributed by atoms with Gasteiger partial charge in [0, 0.05) is 30.1 Å². The van der Waals surface area contributed by atoms with Crippen LogP contribution in [0.25, 0.3) is 11.0 Å². The topological polar surface area (TPSA) is 71.8 Å². The number of amides is 1. The zero-order chi connectivity index (χ0) is 18.0. The highest BCUT2D eigenvalue weighted by Crippen LogP contribution is 2.28. The largest absolute Gasteiger partial charge is 0.483 e. The first-order chi connectivity index (χ1) is 11.9. The summed E-state index contributed by atoms with van der Waals surface area (Å²) in [6.07, 6.45) is 1.11. The third-order valence-electron chi connectivity index (χ3n) is 4.75. The van der Waals surface area contributed by atoms with Gasteiger partial charge in [-0.15, -0.1) is 0 Å². The molecular formula is C19H24N2O4. The number of ether oxygens (including phenoxy) is 1. The van der Waals surface area contributed by atoms with Gasteiger partial charge in [-0.1, -0.05) is 0 Å². The number of hydrogen-bond donors (Lipinski definition) is 1. The van der Waals surface area contributed by atoms with Crippen LogP contribution in [0.4, 0.5) is 0 Å². The Labute approximate surface area is 146 Å². The van der Waals surface area contributed by atoms with Crippen LogP contribution in [0.15, 0.2) is 27.4 Å². The van der Waals surface area contributed by atoms with Gasteiger partial charge >= 0.3 is 5.63 Å². The molecule has 2 aromatic rings. The van der Waals surface area contributed by atoms with Crippen molar-refractivity contribution < 1.29 is 13.9 Å². The van der Waals surface area contributed by atoms with Crippen molar-refractivity contribution in [1.29, 1.82) is 0 Å². The summed E-state index contributed by atoms with van der Waals surface area (Å²) in [7, 11) is 2.09. The molecule has 1 amide bonds. The molecule has 1 fully saturated rings. The number of hydrogen-bond acceptors (Lipinski definition) is 5. The lowest BCUT2D eigenvalue weighted by Crippen LogP contribution is -2.34. The van der Waals surface area contributed by atoms with Gasteiger partial charge in [0.05, 0.1) is 0 Å². The highest BCUT2D eigenvalue weighted by atomic mass is 16.5. The molecule has 3 rings (SSSR count). The Kier molecular flexibility index (Phi) is 5.08. The standard InChI is InChI=1S/C19H24N2O4/c1-12-8-18(23)25-19-13(2)16(5-4-15(12)19)24-11-17(22)20-9-14-6-7-21(3)10-14/h4-5,8,14H,6-7,9-11H2,1-3H3,(H,20,22). The van der Waals surface area contributed by atoms with Gasteiger partial charge in [-0.3, -0.25) is 4.79 Å². The molecule has 1 aromatic carbocycles. The minimum absolute atomic E-state index is 0.0506. The smallest absolute Gasteiger partial charge is 0.336 e. The lowest BCUT2D eigenvalue weighted by atomic mass is 10.1. The summed E-state index contributed by atoms with van der Waals surface area (Å²) < 4.78 is 10.9. The quantitative estimate of drug-likeness (QED) is 0.838. The maximum absolute atomic E-state index is 12.0. The number of benzene rings is 1. The molecule has 6 heteroatoms. The highest BCUT2D eigenvalue weighted by Gasteiger charge is 2.20. The van der Waals surface area contributed by atoms with E-state index in [0.29, 0.717) is 23.8 Å². The Hall–Kier alpha value is -2.34. The third-order valence-corrected chi connectivity index (χ3v) is 4.75. The van der Waals surface area contributed by atoms with Crippen molar-refractivity contribution in [2.24, 2.45) is 5.92 Å². The Morgan fingerprint density at radius 1 is 1.40 bits per heavy atom. The molecule has 1 unspecified atom stereocenters. The molecular weight excluding hydrogens is 320 g/mol. The van der Waals surface area contributed by atoms with E-state index in [1.54, 1.807) is 0 Å². The lowest BCUT2D eigenvalue weighted by molar-refractivity contribution is -0.123. The van der Waals surface area contributed by atoms with Crippen LogP contribution in [0.3, 0.4) is 0 Å². The molecule has 1 aliphatic heterocycles. The Balaban J connectivity index is 1.62. The lowest BCUT2D eigenvalue weighted by Gasteiger charge is -2.13. The summed E-state index contributed by atoms with van der Waals surface area (Å²) in [6, 6.07) is 5.13. The number of nitrogens with one attached hydrogen (secondary N) is 1. The van der Waals surface area contributed by atoms with E-state index in [4.69, 9.17) is 9.15 Å². The van der Waals surface area contributed by atoms with Crippen molar-refractivity contribution in [3.05, 3.63) is 39.7 Å². The van der Waals surface area contributed by atoms with Gasteiger partial charge in [0.1, 0.15) is 11.3 Å². The fourth-order valence-corrected chi connectivity index (χ4v) is 3.30. The molecule has 1 atom stereocenters. The molecule has 25 heavy (non-hydrogen) atoms. The summed E-state index contributed by atoms with van der Waals surface area (Å²) in [5.74, 6) is 0.922. The predicted octanol–water partition coefficient (Wildman–Crippen LogP) is 1.86. The van der Waals surface area contributed by atoms with E-state index in [2.05, 4.69) is 17.3 Å². The van der Waals surface area contributed by atoms with Crippen molar-refractivity contribution in [2.45, 2.75) is 20.3 Å². The molecule has 1 aromatic heterocycles. The molecule has 1 saturated heterocycles. The molecule has 1 N–H and O–H groups in total. The number of aryl methyl sites for hydroxylation is 2. The Morgan fingerprint density at radius 3 is 2.92 bits per heavy atom. The molecule has 0 radical (unpaired) electrons. The summed E-state index contributed by atoms with van der Waals surface area (Å²) >= 11 is 0. The summed E-state index contributed by atoms with van der Waals surface area (Å²) in [5.41, 5.74) is 1.71. The van der Waals surface area contributed by atoms with Crippen molar-refractivity contribution in [2.75, 3.05) is 33.3 Å². The van der Waals surface area contributed by atoms with E-state index in [9.17, 15) is 9.59 Å². The maximum Gasteiger partial charge on any atom is 0.336 e. The molecule has 1 aliphatic rings. The average Bonchev–Trinajstić information content (AvgIpc) is 2.98. The fourth-order valence-electron chi connectivity index (χ4n) is 3.30. The summed E-state index contributed by atoms with van der Waals surface area (Å²) in [5, 5.41) is 3.80. The van der Waals surface area contributed by atoms with Gasteiger partial charge in [-0.05, 0) is 57.5 Å². The first-order valence-corrected chi connectivity index (χ1v) is 8.56. The van der Waals surface area contributed by atoms with Gasteiger partial charge in [0.15, 0.2) is 6.61 Å². The number of carbonyl (C=O) groups is 1. The third kappa shape index (κ3) is 4.02. The van der Waals surface area contributed by atoms with E-state index < -0.39 is 0 Å². The second kappa shape index (κ2) is 7.27. The van der Waals surface area contributed by atoms with Crippen LogP contribution in [-0.4, -0.2) is 44.1 Å². The molecule has 0 saturated carbocycles. The van der Waals surface area contributed by atoms with Crippen molar-refractivity contribution in [3.63, 3.8) is 0 Å². The van der Waals surface area contributed by atoms with Gasteiger partial charge in [-0.25, -0.2) is 4.79 Å². The second-order valence-corrected chi connectivity index (χ2v) is 6.82. The molecule has 0 spiro atoms. The second-order valence-electron chi connectivity index (χ2n) is 6.82. The van der Waals surface area contributed by atoms with E-state index in [1.165, 1.54) is 6.07 Å². The van der Waals surface area contributed by atoms with Crippen LogP contribution in [0.2, 0.25) is 0 Å². The van der Waals surface area contributed by atoms with Crippen LogP contribution < -0.4 is 15.7 Å². The number of fused-ring (bicyclic) bond motifs is 1. The number of nitrogens with zero attached hydrogens (tertiary/aromatic N) is 1. The van der Waals surface area contributed by atoms with E-state index >= 15 is 0 Å². The monoisotopic (exact) mass is 344 g/mol. The van der Waals surface area contributed by atoms with Gasteiger partial charge in [0.25, 0.3) is 5.91 Å². The number of likely N-dealkylation sites (tertiary alicyclic amines) is 1. The Morgan fingerprint density at radius 2 is 2.20 bits per heavy atom. The van der Waals surface area contributed by atoms with Gasteiger partial charge in [0.2, 0.25) is 0 Å². The minimum Gasteiger partial charge on any atom is -0.483 e. The maximum atomic E-state index is 12.0. The van der Waals surface area contributed by atoms with Gasteiger partial charge < -0.3 is 19.4 Å². The highest BCUT2D eigenvalue weighted by molar-refractivity contribution is 5.85. The summed E-state index contributed by atoms with van der Waals surface area (Å²) in [4.78, 5) is 25.9. The van der Waals surface area contributed by atoms with Crippen LogP contribution in [-0.2, 0) is 4.79 Å². The number of rotatable bonds is 5. The fraction of sp³-hybridized carbons (Fsp3) is 0.474. The van der Waals surface area contributed by atoms with E-state index in [-0.39, 0.29) is 18.1 Å². The normalized spacial score (nSPS) is 17.8. The van der Waals surface area contributed by atoms with Crippen molar-refractivity contribution in [3.8, 4) is 5.75 Å². The zero-order valence-corrected chi connectivity index (χ0v) is 14.9. The molecule has 0 bridgehead atoms. The van der Waals surface area contributed by atoms with Crippen molar-refractivity contribution in [1.82, 2.24) is 10.2 Å². The van der Waals surface area contributed by atoms with Crippen molar-refractivity contribution >= 4 is 16.9 Å². The molecule has 0 aliphatic carbocycles. The number of carbonyl (C=O) groups excluding carboxylic acids is 1. The first kappa shape index (κ1) is 17.5. The minimum atomic E-state index is -0.385. The van der Waals surface area contributed by atoms with Crippen LogP contribution in [0, 0.1) is 19.8 Å².